The van der Waals surface area contributed by atoms with Crippen molar-refractivity contribution in [3.63, 3.8) is 0 Å². The van der Waals surface area contributed by atoms with E-state index in [1.807, 2.05) is 13.0 Å². The first-order valence-electron chi connectivity index (χ1n) is 5.90. The maximum Gasteiger partial charge on any atom is 0.0923 e. The predicted molar refractivity (Wildman–Crippen MR) is 71.6 cm³/mol. The topological polar surface area (TPSA) is 32.3 Å². The maximum atomic E-state index is 10.7. The summed E-state index contributed by atoms with van der Waals surface area (Å²) in [6, 6.07) is 5.27. The van der Waals surface area contributed by atoms with Gasteiger partial charge >= 0.3 is 0 Å². The van der Waals surface area contributed by atoms with Crippen LogP contribution >= 0.6 is 23.2 Å². The van der Waals surface area contributed by atoms with Gasteiger partial charge < -0.3 is 10.4 Å². The zero-order valence-corrected chi connectivity index (χ0v) is 11.4. The molecule has 1 aromatic carbocycles. The molecule has 1 aliphatic heterocycles. The number of benzene rings is 1. The number of hydrogen-bond acceptors (Lipinski definition) is 2. The van der Waals surface area contributed by atoms with Crippen LogP contribution in [0.4, 0.5) is 0 Å². The standard InChI is InChI=1S/C13H17Cl2NO/c1-13(17,9-3-2-6-16-8-9)11-5-4-10(14)7-12(11)15/h4-5,7,9,16-17H,2-3,6,8H2,1H3. The van der Waals surface area contributed by atoms with Gasteiger partial charge in [-0.2, -0.15) is 0 Å². The molecule has 1 aromatic rings. The van der Waals surface area contributed by atoms with Crippen molar-refractivity contribution in [3.05, 3.63) is 33.8 Å². The number of rotatable bonds is 2. The molecule has 2 N–H and O–H groups in total. The molecule has 0 bridgehead atoms. The van der Waals surface area contributed by atoms with Crippen LogP contribution in [0.15, 0.2) is 18.2 Å². The SMILES string of the molecule is CC(O)(c1ccc(Cl)cc1Cl)C1CCCNC1. The average Bonchev–Trinajstić information content (AvgIpc) is 2.29. The summed E-state index contributed by atoms with van der Waals surface area (Å²) < 4.78 is 0. The first-order valence-corrected chi connectivity index (χ1v) is 6.66. The molecule has 1 heterocycles. The second-order valence-electron chi connectivity index (χ2n) is 4.81. The summed E-state index contributed by atoms with van der Waals surface area (Å²) in [7, 11) is 0. The number of piperidine rings is 1. The highest BCUT2D eigenvalue weighted by Gasteiger charge is 2.35. The van der Waals surface area contributed by atoms with Gasteiger partial charge in [0.05, 0.1) is 5.60 Å². The summed E-state index contributed by atoms with van der Waals surface area (Å²) in [6.07, 6.45) is 2.10. The largest absolute Gasteiger partial charge is 0.385 e. The predicted octanol–water partition coefficient (Wildman–Crippen LogP) is 3.20. The molecule has 17 heavy (non-hydrogen) atoms. The van der Waals surface area contributed by atoms with Crippen LogP contribution in [0.2, 0.25) is 10.0 Å². The molecule has 1 fully saturated rings. The van der Waals surface area contributed by atoms with Gasteiger partial charge in [-0.1, -0.05) is 29.3 Å². The van der Waals surface area contributed by atoms with Crippen molar-refractivity contribution in [2.24, 2.45) is 5.92 Å². The minimum atomic E-state index is -0.908. The normalized spacial score (nSPS) is 24.4. The summed E-state index contributed by atoms with van der Waals surface area (Å²) in [5, 5.41) is 15.2. The maximum absolute atomic E-state index is 10.7. The van der Waals surface area contributed by atoms with E-state index in [9.17, 15) is 5.11 Å². The fraction of sp³-hybridized carbons (Fsp3) is 0.538. The van der Waals surface area contributed by atoms with Gasteiger partial charge in [0, 0.05) is 28.1 Å². The molecular formula is C13H17Cl2NO. The molecule has 2 atom stereocenters. The van der Waals surface area contributed by atoms with Crippen molar-refractivity contribution < 1.29 is 5.11 Å². The van der Waals surface area contributed by atoms with Crippen LogP contribution in [0.25, 0.3) is 0 Å². The van der Waals surface area contributed by atoms with E-state index >= 15 is 0 Å². The van der Waals surface area contributed by atoms with Gasteiger partial charge in [0.15, 0.2) is 0 Å². The second-order valence-corrected chi connectivity index (χ2v) is 5.66. The molecule has 0 saturated carbocycles. The Bertz CT molecular complexity index is 400. The Hall–Kier alpha value is -0.280. The quantitative estimate of drug-likeness (QED) is 0.868. The average molecular weight is 274 g/mol. The summed E-state index contributed by atoms with van der Waals surface area (Å²) >= 11 is 12.0. The minimum absolute atomic E-state index is 0.190. The summed E-state index contributed by atoms with van der Waals surface area (Å²) in [6.45, 7) is 3.69. The lowest BCUT2D eigenvalue weighted by Crippen LogP contribution is -2.42. The van der Waals surface area contributed by atoms with Crippen molar-refractivity contribution in [2.75, 3.05) is 13.1 Å². The van der Waals surface area contributed by atoms with Gasteiger partial charge in [0.1, 0.15) is 0 Å². The minimum Gasteiger partial charge on any atom is -0.385 e. The zero-order chi connectivity index (χ0) is 12.5. The Balaban J connectivity index is 2.29. The molecule has 2 unspecified atom stereocenters. The third kappa shape index (κ3) is 2.76. The molecular weight excluding hydrogens is 257 g/mol. The number of aliphatic hydroxyl groups is 1. The highest BCUT2D eigenvalue weighted by Crippen LogP contribution is 2.37. The van der Waals surface area contributed by atoms with E-state index < -0.39 is 5.60 Å². The van der Waals surface area contributed by atoms with Crippen LogP contribution in [-0.4, -0.2) is 18.2 Å². The Morgan fingerprint density at radius 3 is 2.76 bits per heavy atom. The van der Waals surface area contributed by atoms with Crippen LogP contribution in [0.3, 0.4) is 0 Å². The molecule has 0 amide bonds. The van der Waals surface area contributed by atoms with Crippen LogP contribution in [0.1, 0.15) is 25.3 Å². The fourth-order valence-electron chi connectivity index (χ4n) is 2.45. The van der Waals surface area contributed by atoms with E-state index in [0.29, 0.717) is 10.0 Å². The van der Waals surface area contributed by atoms with Crippen LogP contribution in [0, 0.1) is 5.92 Å². The molecule has 1 saturated heterocycles. The summed E-state index contributed by atoms with van der Waals surface area (Å²) in [5.74, 6) is 0.190. The molecule has 1 aliphatic rings. The van der Waals surface area contributed by atoms with Crippen LogP contribution in [-0.2, 0) is 5.60 Å². The lowest BCUT2D eigenvalue weighted by molar-refractivity contribution is -0.0155. The Morgan fingerprint density at radius 2 is 2.18 bits per heavy atom. The van der Waals surface area contributed by atoms with Gasteiger partial charge in [0.25, 0.3) is 0 Å². The lowest BCUT2D eigenvalue weighted by Gasteiger charge is -2.36. The third-order valence-electron chi connectivity index (χ3n) is 3.57. The number of halogens is 2. The fourth-order valence-corrected chi connectivity index (χ4v) is 3.05. The van der Waals surface area contributed by atoms with E-state index in [1.165, 1.54) is 0 Å². The van der Waals surface area contributed by atoms with Gasteiger partial charge in [-0.3, -0.25) is 0 Å². The van der Waals surface area contributed by atoms with Crippen molar-refractivity contribution in [3.8, 4) is 0 Å². The molecule has 4 heteroatoms. The lowest BCUT2D eigenvalue weighted by atomic mass is 9.79. The van der Waals surface area contributed by atoms with Crippen molar-refractivity contribution in [1.29, 1.82) is 0 Å². The molecule has 0 aromatic heterocycles. The van der Waals surface area contributed by atoms with E-state index in [0.717, 1.165) is 31.5 Å². The van der Waals surface area contributed by atoms with E-state index in [1.54, 1.807) is 12.1 Å². The van der Waals surface area contributed by atoms with E-state index in [-0.39, 0.29) is 5.92 Å². The second kappa shape index (κ2) is 5.15. The Kier molecular flexibility index (Phi) is 3.99. The van der Waals surface area contributed by atoms with Crippen molar-refractivity contribution in [1.82, 2.24) is 5.32 Å². The summed E-state index contributed by atoms with van der Waals surface area (Å²) in [4.78, 5) is 0. The smallest absolute Gasteiger partial charge is 0.0923 e. The van der Waals surface area contributed by atoms with Gasteiger partial charge in [-0.15, -0.1) is 0 Å². The highest BCUT2D eigenvalue weighted by atomic mass is 35.5. The van der Waals surface area contributed by atoms with Crippen molar-refractivity contribution in [2.45, 2.75) is 25.4 Å². The Labute approximate surface area is 112 Å². The molecule has 2 nitrogen and oxygen atoms in total. The van der Waals surface area contributed by atoms with E-state index in [2.05, 4.69) is 5.32 Å². The van der Waals surface area contributed by atoms with Gasteiger partial charge in [-0.25, -0.2) is 0 Å². The molecule has 0 radical (unpaired) electrons. The van der Waals surface area contributed by atoms with Crippen LogP contribution in [0.5, 0.6) is 0 Å². The van der Waals surface area contributed by atoms with Crippen molar-refractivity contribution >= 4 is 23.2 Å². The first kappa shape index (κ1) is 13.2. The molecule has 0 spiro atoms. The van der Waals surface area contributed by atoms with Crippen LogP contribution < -0.4 is 5.32 Å². The molecule has 94 valence electrons. The number of nitrogens with one attached hydrogen (secondary N) is 1. The van der Waals surface area contributed by atoms with Gasteiger partial charge in [0.2, 0.25) is 0 Å². The third-order valence-corrected chi connectivity index (χ3v) is 4.12. The molecule has 2 rings (SSSR count). The van der Waals surface area contributed by atoms with E-state index in [4.69, 9.17) is 23.2 Å². The molecule has 0 aliphatic carbocycles. The first-order chi connectivity index (χ1) is 8.01. The highest BCUT2D eigenvalue weighted by molar-refractivity contribution is 6.35. The van der Waals surface area contributed by atoms with Gasteiger partial charge in [-0.05, 0) is 38.4 Å². The number of hydrogen-bond donors (Lipinski definition) is 2. The summed E-state index contributed by atoms with van der Waals surface area (Å²) in [5.41, 5.74) is -0.146. The Morgan fingerprint density at radius 1 is 1.41 bits per heavy atom. The zero-order valence-electron chi connectivity index (χ0n) is 9.84. The monoisotopic (exact) mass is 273 g/mol.